The van der Waals surface area contributed by atoms with E-state index in [2.05, 4.69) is 0 Å². The lowest BCUT2D eigenvalue weighted by molar-refractivity contribution is -0.893. The van der Waals surface area contributed by atoms with E-state index in [9.17, 15) is 13.0 Å². The minimum Gasteiger partial charge on any atom is -0.744 e. The number of hydrogen-bond acceptors (Lipinski definition) is 4. The van der Waals surface area contributed by atoms with Crippen molar-refractivity contribution in [2.45, 2.75) is 25.7 Å². The molecule has 2 aromatic rings. The van der Waals surface area contributed by atoms with E-state index in [1.165, 1.54) is 12.1 Å². The lowest BCUT2D eigenvalue weighted by atomic mass is 10.2. The number of aromatic nitrogens is 1. The molecule has 0 fully saturated rings. The van der Waals surface area contributed by atoms with Crippen molar-refractivity contribution < 1.29 is 22.5 Å². The fourth-order valence-corrected chi connectivity index (χ4v) is 2.20. The molecule has 2 rings (SSSR count). The molecule has 0 unspecified atom stereocenters. The van der Waals surface area contributed by atoms with Crippen LogP contribution in [0.3, 0.4) is 0 Å². The first-order valence-electron chi connectivity index (χ1n) is 6.31. The van der Waals surface area contributed by atoms with Gasteiger partial charge in [0.1, 0.15) is 17.2 Å². The second-order valence-corrected chi connectivity index (χ2v) is 5.93. The molecule has 1 aromatic heterocycles. The van der Waals surface area contributed by atoms with Crippen molar-refractivity contribution in [1.82, 2.24) is 0 Å². The fraction of sp³-hybridized carbons (Fsp3) is 0.267. The molecule has 5 nitrogen and oxygen atoms in total. The molecule has 0 N–H and O–H groups in total. The zero-order valence-electron chi connectivity index (χ0n) is 12.5. The van der Waals surface area contributed by atoms with Gasteiger partial charge in [0.25, 0.3) is 0 Å². The highest BCUT2D eigenvalue weighted by atomic mass is 32.2. The van der Waals surface area contributed by atoms with Crippen molar-refractivity contribution in [2.75, 3.05) is 7.11 Å². The molecule has 0 aliphatic heterocycles. The summed E-state index contributed by atoms with van der Waals surface area (Å²) in [4.78, 5) is 4.91. The van der Waals surface area contributed by atoms with Gasteiger partial charge in [0, 0.05) is 30.7 Å². The molecule has 0 radical (unpaired) electrons. The minimum absolute atomic E-state index is 0.178. The fourth-order valence-electron chi connectivity index (χ4n) is 1.73. The molecule has 0 amide bonds. The Labute approximate surface area is 125 Å². The molecule has 0 saturated carbocycles. The van der Waals surface area contributed by atoms with Gasteiger partial charge in [-0.25, -0.2) is 8.42 Å². The third-order valence-electron chi connectivity index (χ3n) is 2.81. The Balaban J connectivity index is 0.000000211. The van der Waals surface area contributed by atoms with Gasteiger partial charge < -0.3 is 4.55 Å². The van der Waals surface area contributed by atoms with Gasteiger partial charge in [-0.05, 0) is 25.1 Å². The molecular weight excluding hydrogens is 290 g/mol. The van der Waals surface area contributed by atoms with Crippen LogP contribution in [-0.4, -0.2) is 20.1 Å². The molecule has 114 valence electrons. The summed E-state index contributed by atoms with van der Waals surface area (Å²) in [6.45, 7) is 5.84. The van der Waals surface area contributed by atoms with Crippen LogP contribution in [0, 0.1) is 20.8 Å². The predicted octanol–water partition coefficient (Wildman–Crippen LogP) is 1.55. The second kappa shape index (κ2) is 7.19. The Morgan fingerprint density at radius 2 is 1.43 bits per heavy atom. The van der Waals surface area contributed by atoms with E-state index in [-0.39, 0.29) is 4.90 Å². The Morgan fingerprint density at radius 3 is 1.76 bits per heavy atom. The number of aryl methyl sites for hydroxylation is 3. The molecule has 6 heteroatoms. The molecule has 1 heterocycles. The molecule has 0 bridgehead atoms. The number of nitrogens with zero attached hydrogens (tertiary/aromatic N) is 1. The van der Waals surface area contributed by atoms with E-state index in [0.717, 1.165) is 17.0 Å². The minimum atomic E-state index is -4.27. The van der Waals surface area contributed by atoms with Crippen molar-refractivity contribution in [3.8, 4) is 0 Å². The molecule has 21 heavy (non-hydrogen) atoms. The Bertz CT molecular complexity index is 674. The smallest absolute Gasteiger partial charge is 0.231 e. The van der Waals surface area contributed by atoms with Crippen LogP contribution >= 0.6 is 0 Å². The highest BCUT2D eigenvalue weighted by Crippen LogP contribution is 2.08. The topological polar surface area (TPSA) is 70.3 Å². The Kier molecular flexibility index (Phi) is 5.87. The van der Waals surface area contributed by atoms with Gasteiger partial charge in [-0.3, -0.25) is 4.84 Å². The molecule has 0 aliphatic rings. The summed E-state index contributed by atoms with van der Waals surface area (Å²) >= 11 is 0. The molecule has 0 spiro atoms. The van der Waals surface area contributed by atoms with Crippen LogP contribution < -0.4 is 9.57 Å². The van der Waals surface area contributed by atoms with Crippen LogP contribution in [0.2, 0.25) is 0 Å². The van der Waals surface area contributed by atoms with Crippen molar-refractivity contribution in [3.63, 3.8) is 0 Å². The molecular formula is C15H19NO4S. The summed E-state index contributed by atoms with van der Waals surface area (Å²) in [5.41, 5.74) is 3.16. The summed E-state index contributed by atoms with van der Waals surface area (Å²) in [6.07, 6.45) is 0. The SMILES string of the molecule is CO[n+]1c(C)cccc1C.Cc1ccc(S(=O)(=O)[O-])cc1. The first kappa shape index (κ1) is 17.1. The normalized spacial score (nSPS) is 10.5. The highest BCUT2D eigenvalue weighted by Gasteiger charge is 2.08. The lowest BCUT2D eigenvalue weighted by Crippen LogP contribution is -2.45. The van der Waals surface area contributed by atoms with Gasteiger partial charge in [-0.2, -0.15) is 0 Å². The summed E-state index contributed by atoms with van der Waals surface area (Å²) in [5, 5.41) is 0. The van der Waals surface area contributed by atoms with E-state index in [1.54, 1.807) is 24.0 Å². The third kappa shape index (κ3) is 5.17. The van der Waals surface area contributed by atoms with Gasteiger partial charge >= 0.3 is 0 Å². The van der Waals surface area contributed by atoms with E-state index in [4.69, 9.17) is 4.84 Å². The maximum Gasteiger partial charge on any atom is 0.231 e. The van der Waals surface area contributed by atoms with Crippen LogP contribution in [0.1, 0.15) is 17.0 Å². The molecule has 0 aliphatic carbocycles. The summed E-state index contributed by atoms with van der Waals surface area (Å²) in [7, 11) is -2.60. The van der Waals surface area contributed by atoms with Gasteiger partial charge in [-0.15, -0.1) is 0 Å². The first-order chi connectivity index (χ1) is 9.75. The van der Waals surface area contributed by atoms with Gasteiger partial charge in [0.15, 0.2) is 0 Å². The van der Waals surface area contributed by atoms with Crippen molar-refractivity contribution in [1.29, 1.82) is 0 Å². The maximum atomic E-state index is 10.4. The van der Waals surface area contributed by atoms with Crippen molar-refractivity contribution in [2.24, 2.45) is 0 Å². The lowest BCUT2D eigenvalue weighted by Gasteiger charge is -2.05. The maximum absolute atomic E-state index is 10.4. The first-order valence-corrected chi connectivity index (χ1v) is 7.72. The van der Waals surface area contributed by atoms with Crippen LogP contribution in [0.4, 0.5) is 0 Å². The average molecular weight is 309 g/mol. The van der Waals surface area contributed by atoms with E-state index >= 15 is 0 Å². The van der Waals surface area contributed by atoms with Gasteiger partial charge in [-0.1, -0.05) is 17.7 Å². The number of pyridine rings is 1. The summed E-state index contributed by atoms with van der Waals surface area (Å²) in [5.74, 6) is 0. The zero-order chi connectivity index (χ0) is 16.0. The average Bonchev–Trinajstić information content (AvgIpc) is 2.39. The molecule has 0 atom stereocenters. The number of rotatable bonds is 2. The van der Waals surface area contributed by atoms with Crippen LogP contribution in [0.15, 0.2) is 47.4 Å². The predicted molar refractivity (Wildman–Crippen MR) is 77.8 cm³/mol. The third-order valence-corrected chi connectivity index (χ3v) is 3.66. The monoisotopic (exact) mass is 309 g/mol. The Morgan fingerprint density at radius 1 is 0.952 bits per heavy atom. The van der Waals surface area contributed by atoms with Gasteiger partial charge in [0.05, 0.1) is 4.90 Å². The summed E-state index contributed by atoms with van der Waals surface area (Å²) < 4.78 is 33.0. The van der Waals surface area contributed by atoms with Crippen molar-refractivity contribution >= 4 is 10.1 Å². The molecule has 0 saturated heterocycles. The largest absolute Gasteiger partial charge is 0.744 e. The van der Waals surface area contributed by atoms with E-state index in [1.807, 2.05) is 39.0 Å². The molecule has 1 aromatic carbocycles. The second-order valence-electron chi connectivity index (χ2n) is 4.55. The van der Waals surface area contributed by atoms with Crippen molar-refractivity contribution in [3.05, 3.63) is 59.4 Å². The number of benzene rings is 1. The van der Waals surface area contributed by atoms with E-state index < -0.39 is 10.1 Å². The van der Waals surface area contributed by atoms with Crippen LogP contribution in [0.5, 0.6) is 0 Å². The Hall–Kier alpha value is -1.92. The standard InChI is InChI=1S/C8H12NO.C7H8O3S/c1-7-5-4-6-8(2)9(7)10-3;1-6-2-4-7(5-3-6)11(8,9)10/h4-6H,1-3H3;2-5H,1H3,(H,8,9,10)/q+1;/p-1. The van der Waals surface area contributed by atoms with Gasteiger partial charge in [0.2, 0.25) is 11.4 Å². The quantitative estimate of drug-likeness (QED) is 0.623. The van der Waals surface area contributed by atoms with E-state index in [0.29, 0.717) is 0 Å². The highest BCUT2D eigenvalue weighted by molar-refractivity contribution is 7.85. The zero-order valence-corrected chi connectivity index (χ0v) is 13.3. The van der Waals surface area contributed by atoms with Crippen LogP contribution in [-0.2, 0) is 10.1 Å². The van der Waals surface area contributed by atoms with Crippen LogP contribution in [0.25, 0.3) is 0 Å². The number of hydrogen-bond donors (Lipinski definition) is 0. The summed E-state index contributed by atoms with van der Waals surface area (Å²) in [6, 6.07) is 11.8.